The Kier molecular flexibility index (Phi) is 4.46. The minimum absolute atomic E-state index is 0.0633. The van der Waals surface area contributed by atoms with Crippen LogP contribution in [0.25, 0.3) is 16.6 Å². The molecule has 0 aliphatic heterocycles. The average molecular weight is 452 g/mol. The van der Waals surface area contributed by atoms with Gasteiger partial charge in [-0.1, -0.05) is 17.7 Å². The number of pyridine rings is 1. The molecule has 0 aliphatic rings. The fourth-order valence-electron chi connectivity index (χ4n) is 2.98. The third kappa shape index (κ3) is 2.90. The van der Waals surface area contributed by atoms with Crippen LogP contribution in [0.3, 0.4) is 0 Å². The lowest BCUT2D eigenvalue weighted by molar-refractivity contribution is 0.831. The molecule has 3 heterocycles. The van der Waals surface area contributed by atoms with Crippen molar-refractivity contribution < 1.29 is 0 Å². The van der Waals surface area contributed by atoms with E-state index in [4.69, 9.17) is 23.2 Å². The summed E-state index contributed by atoms with van der Waals surface area (Å²) < 4.78 is 3.59. The molecule has 1 unspecified atom stereocenters. The first-order valence-electron chi connectivity index (χ1n) is 7.81. The van der Waals surface area contributed by atoms with Gasteiger partial charge in [0.2, 0.25) is 5.28 Å². The zero-order chi connectivity index (χ0) is 18.4. The average Bonchev–Trinajstić information content (AvgIpc) is 3.11. The summed E-state index contributed by atoms with van der Waals surface area (Å²) in [5, 5.41) is 9.94. The highest BCUT2D eigenvalue weighted by molar-refractivity contribution is 9.10. The standard InChI is InChI=1S/C17H13BrCl2N6/c1-9-3-13(10(2)26(18)12-5-11(19)6-21-7-12)15-14(4-9)16-24-22-8-25(16)17(20)23-15/h3-8,10H,1-2H3. The summed E-state index contributed by atoms with van der Waals surface area (Å²) >= 11 is 16.0. The Morgan fingerprint density at radius 1 is 1.19 bits per heavy atom. The summed E-state index contributed by atoms with van der Waals surface area (Å²) in [5.74, 6) is 0. The van der Waals surface area contributed by atoms with Crippen molar-refractivity contribution in [3.63, 3.8) is 0 Å². The molecule has 0 spiro atoms. The van der Waals surface area contributed by atoms with Gasteiger partial charge in [0, 0.05) is 17.1 Å². The van der Waals surface area contributed by atoms with Crippen molar-refractivity contribution in [3.05, 3.63) is 58.4 Å². The lowest BCUT2D eigenvalue weighted by Crippen LogP contribution is -2.16. The number of anilines is 1. The summed E-state index contributed by atoms with van der Waals surface area (Å²) in [6, 6.07) is 5.91. The Morgan fingerprint density at radius 2 is 2.00 bits per heavy atom. The van der Waals surface area contributed by atoms with E-state index in [1.54, 1.807) is 23.1 Å². The second-order valence-corrected chi connectivity index (χ2v) is 7.54. The molecule has 0 saturated carbocycles. The molecule has 1 atom stereocenters. The van der Waals surface area contributed by atoms with Gasteiger partial charge in [0.1, 0.15) is 6.33 Å². The van der Waals surface area contributed by atoms with E-state index in [1.807, 2.05) is 23.0 Å². The number of halogens is 3. The van der Waals surface area contributed by atoms with Crippen molar-refractivity contribution in [2.75, 3.05) is 3.93 Å². The van der Waals surface area contributed by atoms with E-state index in [0.717, 1.165) is 27.7 Å². The number of benzene rings is 1. The van der Waals surface area contributed by atoms with E-state index in [2.05, 4.69) is 49.3 Å². The van der Waals surface area contributed by atoms with Gasteiger partial charge in [-0.15, -0.1) is 10.2 Å². The Labute approximate surface area is 168 Å². The zero-order valence-electron chi connectivity index (χ0n) is 13.9. The lowest BCUT2D eigenvalue weighted by Gasteiger charge is -2.25. The van der Waals surface area contributed by atoms with Crippen molar-refractivity contribution in [1.29, 1.82) is 0 Å². The van der Waals surface area contributed by atoms with Crippen molar-refractivity contribution in [3.8, 4) is 0 Å². The van der Waals surface area contributed by atoms with E-state index in [9.17, 15) is 0 Å². The highest BCUT2D eigenvalue weighted by atomic mass is 79.9. The maximum Gasteiger partial charge on any atom is 0.210 e. The SMILES string of the molecule is Cc1cc(C(C)N(Br)c2cncc(Cl)c2)c2nc(Cl)n3cnnc3c2c1. The first-order chi connectivity index (χ1) is 12.5. The van der Waals surface area contributed by atoms with Crippen LogP contribution in [-0.4, -0.2) is 24.6 Å². The van der Waals surface area contributed by atoms with Gasteiger partial charge in [0.15, 0.2) is 5.65 Å². The summed E-state index contributed by atoms with van der Waals surface area (Å²) in [5.41, 5.74) is 4.41. The van der Waals surface area contributed by atoms with Crippen LogP contribution < -0.4 is 3.93 Å². The van der Waals surface area contributed by atoms with Crippen LogP contribution in [-0.2, 0) is 0 Å². The quantitative estimate of drug-likeness (QED) is 0.318. The largest absolute Gasteiger partial charge is 0.300 e. The highest BCUT2D eigenvalue weighted by Crippen LogP contribution is 2.35. The van der Waals surface area contributed by atoms with Crippen LogP contribution in [0.2, 0.25) is 10.3 Å². The molecule has 1 aromatic carbocycles. The molecule has 6 nitrogen and oxygen atoms in total. The first-order valence-corrected chi connectivity index (χ1v) is 9.27. The first kappa shape index (κ1) is 17.5. The number of fused-ring (bicyclic) bond motifs is 3. The second-order valence-electron chi connectivity index (χ2n) is 6.00. The normalized spacial score (nSPS) is 12.7. The number of aromatic nitrogens is 5. The van der Waals surface area contributed by atoms with Crippen molar-refractivity contribution in [2.24, 2.45) is 0 Å². The van der Waals surface area contributed by atoms with Gasteiger partial charge >= 0.3 is 0 Å². The van der Waals surface area contributed by atoms with E-state index >= 15 is 0 Å². The minimum Gasteiger partial charge on any atom is -0.300 e. The van der Waals surface area contributed by atoms with Crippen LogP contribution in [0.4, 0.5) is 5.69 Å². The molecule has 3 aromatic heterocycles. The van der Waals surface area contributed by atoms with Crippen LogP contribution in [0.1, 0.15) is 24.1 Å². The fraction of sp³-hybridized carbons (Fsp3) is 0.176. The predicted octanol–water partition coefficient (Wildman–Crippen LogP) is 5.17. The van der Waals surface area contributed by atoms with Gasteiger partial charge in [-0.3, -0.25) is 13.3 Å². The minimum atomic E-state index is -0.0633. The van der Waals surface area contributed by atoms with Crippen molar-refractivity contribution in [1.82, 2.24) is 24.6 Å². The Balaban J connectivity index is 1.91. The molecule has 26 heavy (non-hydrogen) atoms. The zero-order valence-corrected chi connectivity index (χ0v) is 17.0. The van der Waals surface area contributed by atoms with E-state index < -0.39 is 0 Å². The molecule has 0 N–H and O–H groups in total. The molecule has 4 aromatic rings. The molecule has 0 saturated heterocycles. The third-order valence-electron chi connectivity index (χ3n) is 4.20. The monoisotopic (exact) mass is 450 g/mol. The highest BCUT2D eigenvalue weighted by Gasteiger charge is 2.21. The van der Waals surface area contributed by atoms with E-state index in [0.29, 0.717) is 16.0 Å². The Hall–Kier alpha value is -1.96. The maximum absolute atomic E-state index is 6.33. The van der Waals surface area contributed by atoms with Crippen LogP contribution in [0, 0.1) is 6.92 Å². The second kappa shape index (κ2) is 6.64. The number of hydrogen-bond donors (Lipinski definition) is 0. The molecule has 0 bridgehead atoms. The summed E-state index contributed by atoms with van der Waals surface area (Å²) in [4.78, 5) is 8.74. The summed E-state index contributed by atoms with van der Waals surface area (Å²) in [6.45, 7) is 4.10. The van der Waals surface area contributed by atoms with Crippen LogP contribution in [0.5, 0.6) is 0 Å². The van der Waals surface area contributed by atoms with E-state index in [1.165, 1.54) is 0 Å². The fourth-order valence-corrected chi connectivity index (χ4v) is 3.77. The molecule has 0 radical (unpaired) electrons. The molecular weight excluding hydrogens is 439 g/mol. The van der Waals surface area contributed by atoms with Gasteiger partial charge in [-0.05, 0) is 43.1 Å². The van der Waals surface area contributed by atoms with Gasteiger partial charge in [0.05, 0.1) is 44.6 Å². The molecule has 9 heteroatoms. The number of hydrogen-bond acceptors (Lipinski definition) is 5. The summed E-state index contributed by atoms with van der Waals surface area (Å²) in [6.07, 6.45) is 4.90. The molecule has 0 fully saturated rings. The molecular formula is C17H13BrCl2N6. The van der Waals surface area contributed by atoms with Crippen molar-refractivity contribution >= 4 is 61.6 Å². The van der Waals surface area contributed by atoms with Crippen LogP contribution >= 0.6 is 39.3 Å². The molecule has 132 valence electrons. The number of nitrogens with zero attached hydrogens (tertiary/aromatic N) is 6. The maximum atomic E-state index is 6.33. The van der Waals surface area contributed by atoms with Gasteiger partial charge in [-0.2, -0.15) is 0 Å². The third-order valence-corrected chi connectivity index (χ3v) is 5.70. The summed E-state index contributed by atoms with van der Waals surface area (Å²) in [7, 11) is 0. The van der Waals surface area contributed by atoms with Gasteiger partial charge in [-0.25, -0.2) is 4.98 Å². The lowest BCUT2D eigenvalue weighted by atomic mass is 10.0. The van der Waals surface area contributed by atoms with Gasteiger partial charge < -0.3 is 0 Å². The molecule has 0 amide bonds. The predicted molar refractivity (Wildman–Crippen MR) is 107 cm³/mol. The van der Waals surface area contributed by atoms with Gasteiger partial charge in [0.25, 0.3) is 0 Å². The topological polar surface area (TPSA) is 59.2 Å². The van der Waals surface area contributed by atoms with Crippen LogP contribution in [0.15, 0.2) is 36.9 Å². The molecule has 0 aliphatic carbocycles. The Bertz CT molecular complexity index is 1130. The number of rotatable bonds is 3. The Morgan fingerprint density at radius 3 is 2.77 bits per heavy atom. The number of aryl methyl sites for hydroxylation is 1. The molecule has 4 rings (SSSR count). The van der Waals surface area contributed by atoms with E-state index in [-0.39, 0.29) is 6.04 Å². The smallest absolute Gasteiger partial charge is 0.210 e. The van der Waals surface area contributed by atoms with Crippen molar-refractivity contribution in [2.45, 2.75) is 19.9 Å².